The van der Waals surface area contributed by atoms with Crippen LogP contribution >= 0.6 is 11.8 Å². The smallest absolute Gasteiger partial charge is 0.293 e. The van der Waals surface area contributed by atoms with Crippen LogP contribution in [0, 0.1) is 32.1 Å². The van der Waals surface area contributed by atoms with Crippen LogP contribution in [0.1, 0.15) is 32.6 Å². The van der Waals surface area contributed by atoms with Gasteiger partial charge in [0.2, 0.25) is 0 Å². The quantitative estimate of drug-likeness (QED) is 0.543. The summed E-state index contributed by atoms with van der Waals surface area (Å²) in [6.45, 7) is 5.91. The molecule has 0 amide bonds. The van der Waals surface area contributed by atoms with Crippen LogP contribution in [0.5, 0.6) is 0 Å². The molecule has 0 bridgehead atoms. The number of carbonyl (C=O) groups is 1. The number of nitriles is 1. The maximum Gasteiger partial charge on any atom is 0.348 e. The second-order valence-corrected chi connectivity index (χ2v) is 7.24. The predicted molar refractivity (Wildman–Crippen MR) is 105 cm³/mol. The zero-order valence-electron chi connectivity index (χ0n) is 15.2. The number of aryl methyl sites for hydroxylation is 3. The normalized spacial score (nSPS) is 10.6. The number of H-pyrrole nitrogens is 1. The second kappa shape index (κ2) is 7.64. The molecule has 7 heteroatoms. The van der Waals surface area contributed by atoms with E-state index in [1.807, 2.05) is 39.0 Å². The van der Waals surface area contributed by atoms with Gasteiger partial charge in [-0.15, -0.1) is 5.10 Å². The number of rotatable bonds is 5. The van der Waals surface area contributed by atoms with Crippen molar-refractivity contribution in [3.8, 4) is 11.8 Å². The number of nitrogens with zero attached hydrogens (tertiary/aromatic N) is 3. The lowest BCUT2D eigenvalue weighted by molar-refractivity contribution is 0.102. The van der Waals surface area contributed by atoms with Gasteiger partial charge in [0.1, 0.15) is 0 Å². The van der Waals surface area contributed by atoms with Crippen LogP contribution < -0.4 is 5.69 Å². The molecule has 0 fully saturated rings. The summed E-state index contributed by atoms with van der Waals surface area (Å²) in [4.78, 5) is 24.8. The number of hydrogen-bond donors (Lipinski definition) is 1. The highest BCUT2D eigenvalue weighted by Crippen LogP contribution is 2.24. The lowest BCUT2D eigenvalue weighted by Crippen LogP contribution is -2.18. The first-order chi connectivity index (χ1) is 12.9. The van der Waals surface area contributed by atoms with Crippen LogP contribution in [0.4, 0.5) is 0 Å². The molecule has 1 aromatic heterocycles. The highest BCUT2D eigenvalue weighted by atomic mass is 32.2. The standard InChI is InChI=1S/C20H18N4O2S/c1-12-8-13(2)18(14(3)9-12)24-19(26)22-23-20(24)27-11-17(25)16-6-4-15(10-21)5-7-16/h4-9H,11H2,1-3H3,(H,22,26). The van der Waals surface area contributed by atoms with Crippen molar-refractivity contribution < 1.29 is 4.79 Å². The van der Waals surface area contributed by atoms with Gasteiger partial charge in [-0.3, -0.25) is 4.79 Å². The highest BCUT2D eigenvalue weighted by molar-refractivity contribution is 7.99. The molecule has 0 spiro atoms. The first-order valence-electron chi connectivity index (χ1n) is 8.32. The van der Waals surface area contributed by atoms with Gasteiger partial charge in [0.05, 0.1) is 23.1 Å². The Morgan fingerprint density at radius 2 is 1.81 bits per heavy atom. The van der Waals surface area contributed by atoms with Crippen molar-refractivity contribution >= 4 is 17.5 Å². The van der Waals surface area contributed by atoms with E-state index >= 15 is 0 Å². The molecule has 6 nitrogen and oxygen atoms in total. The van der Waals surface area contributed by atoms with Crippen molar-refractivity contribution in [2.75, 3.05) is 5.75 Å². The molecule has 1 N–H and O–H groups in total. The number of aromatic amines is 1. The Labute approximate surface area is 160 Å². The molecule has 0 aliphatic carbocycles. The van der Waals surface area contributed by atoms with Gasteiger partial charge in [-0.05, 0) is 44.0 Å². The van der Waals surface area contributed by atoms with E-state index in [-0.39, 0.29) is 17.2 Å². The van der Waals surface area contributed by atoms with Crippen molar-refractivity contribution in [3.63, 3.8) is 0 Å². The summed E-state index contributed by atoms with van der Waals surface area (Å²) in [5.41, 5.74) is 4.54. The molecular weight excluding hydrogens is 360 g/mol. The van der Waals surface area contributed by atoms with Crippen molar-refractivity contribution in [1.29, 1.82) is 5.26 Å². The molecule has 3 rings (SSSR count). The van der Waals surface area contributed by atoms with Gasteiger partial charge >= 0.3 is 5.69 Å². The van der Waals surface area contributed by atoms with E-state index in [2.05, 4.69) is 10.2 Å². The third-order valence-electron chi connectivity index (χ3n) is 4.17. The second-order valence-electron chi connectivity index (χ2n) is 6.30. The fourth-order valence-electron chi connectivity index (χ4n) is 3.05. The molecule has 0 aliphatic rings. The Morgan fingerprint density at radius 1 is 1.19 bits per heavy atom. The summed E-state index contributed by atoms with van der Waals surface area (Å²) in [5.74, 6) is 0.0454. The summed E-state index contributed by atoms with van der Waals surface area (Å²) >= 11 is 1.20. The maximum absolute atomic E-state index is 12.4. The summed E-state index contributed by atoms with van der Waals surface area (Å²) in [7, 11) is 0. The fraction of sp³-hybridized carbons (Fsp3) is 0.200. The lowest BCUT2D eigenvalue weighted by Gasteiger charge is -2.13. The average molecular weight is 378 g/mol. The molecule has 0 saturated heterocycles. The number of carbonyl (C=O) groups excluding carboxylic acids is 1. The zero-order valence-corrected chi connectivity index (χ0v) is 16.1. The zero-order chi connectivity index (χ0) is 19.6. The number of Topliss-reactive ketones (excluding diaryl/α,β-unsaturated/α-hetero) is 1. The van der Waals surface area contributed by atoms with E-state index in [0.717, 1.165) is 22.4 Å². The van der Waals surface area contributed by atoms with Crippen LogP contribution in [0.2, 0.25) is 0 Å². The Hall–Kier alpha value is -3.11. The number of hydrogen-bond acceptors (Lipinski definition) is 5. The van der Waals surface area contributed by atoms with Gasteiger partial charge in [0.25, 0.3) is 0 Å². The fourth-order valence-corrected chi connectivity index (χ4v) is 3.89. The minimum absolute atomic E-state index is 0.0937. The molecule has 0 atom stereocenters. The molecule has 1 heterocycles. The summed E-state index contributed by atoms with van der Waals surface area (Å²) in [6, 6.07) is 12.5. The largest absolute Gasteiger partial charge is 0.348 e. The number of aromatic nitrogens is 3. The summed E-state index contributed by atoms with van der Waals surface area (Å²) < 4.78 is 1.51. The van der Waals surface area contributed by atoms with Crippen molar-refractivity contribution in [2.24, 2.45) is 0 Å². The van der Waals surface area contributed by atoms with Crippen LogP contribution in [-0.2, 0) is 0 Å². The number of nitrogens with one attached hydrogen (secondary N) is 1. The topological polar surface area (TPSA) is 91.5 Å². The number of thioether (sulfide) groups is 1. The third kappa shape index (κ3) is 3.86. The van der Waals surface area contributed by atoms with Crippen LogP contribution in [0.25, 0.3) is 5.69 Å². The molecular formula is C20H18N4O2S. The van der Waals surface area contributed by atoms with Crippen LogP contribution in [-0.4, -0.2) is 26.3 Å². The molecule has 136 valence electrons. The molecule has 0 aliphatic heterocycles. The van der Waals surface area contributed by atoms with Gasteiger partial charge < -0.3 is 0 Å². The third-order valence-corrected chi connectivity index (χ3v) is 5.11. The molecule has 0 radical (unpaired) electrons. The van der Waals surface area contributed by atoms with Gasteiger partial charge in [0.15, 0.2) is 10.9 Å². The first kappa shape index (κ1) is 18.7. The predicted octanol–water partition coefficient (Wildman–Crippen LogP) is 3.33. The number of benzene rings is 2. The number of ketones is 1. The van der Waals surface area contributed by atoms with Crippen molar-refractivity contribution in [3.05, 3.63) is 74.7 Å². The average Bonchev–Trinajstić information content (AvgIpc) is 2.99. The summed E-state index contributed by atoms with van der Waals surface area (Å²) in [6.07, 6.45) is 0. The molecule has 3 aromatic rings. The Bertz CT molecular complexity index is 1080. The highest BCUT2D eigenvalue weighted by Gasteiger charge is 2.17. The van der Waals surface area contributed by atoms with Gasteiger partial charge in [0, 0.05) is 5.56 Å². The van der Waals surface area contributed by atoms with Gasteiger partial charge in [-0.2, -0.15) is 5.26 Å². The first-order valence-corrected chi connectivity index (χ1v) is 9.31. The molecule has 0 saturated carbocycles. The van der Waals surface area contributed by atoms with E-state index in [1.165, 1.54) is 16.3 Å². The van der Waals surface area contributed by atoms with E-state index in [1.54, 1.807) is 24.3 Å². The minimum atomic E-state index is -0.335. The van der Waals surface area contributed by atoms with Gasteiger partial charge in [-0.1, -0.05) is 41.6 Å². The van der Waals surface area contributed by atoms with E-state index in [4.69, 9.17) is 5.26 Å². The van der Waals surface area contributed by atoms with Crippen molar-refractivity contribution in [1.82, 2.24) is 14.8 Å². The SMILES string of the molecule is Cc1cc(C)c(-n2c(SCC(=O)c3ccc(C#N)cc3)n[nH]c2=O)c(C)c1. The Balaban J connectivity index is 1.87. The van der Waals surface area contributed by atoms with E-state index in [9.17, 15) is 9.59 Å². The molecule has 0 unspecified atom stereocenters. The summed E-state index contributed by atoms with van der Waals surface area (Å²) in [5, 5.41) is 15.8. The maximum atomic E-state index is 12.4. The monoisotopic (exact) mass is 378 g/mol. The Kier molecular flexibility index (Phi) is 5.28. The van der Waals surface area contributed by atoms with Gasteiger partial charge in [-0.25, -0.2) is 14.5 Å². The lowest BCUT2D eigenvalue weighted by atomic mass is 10.1. The van der Waals surface area contributed by atoms with Crippen LogP contribution in [0.15, 0.2) is 46.3 Å². The molecule has 2 aromatic carbocycles. The van der Waals surface area contributed by atoms with E-state index < -0.39 is 0 Å². The Morgan fingerprint density at radius 3 is 2.41 bits per heavy atom. The van der Waals surface area contributed by atoms with Crippen LogP contribution in [0.3, 0.4) is 0 Å². The minimum Gasteiger partial charge on any atom is -0.293 e. The van der Waals surface area contributed by atoms with E-state index in [0.29, 0.717) is 16.3 Å². The molecule has 27 heavy (non-hydrogen) atoms. The van der Waals surface area contributed by atoms with Crippen molar-refractivity contribution in [2.45, 2.75) is 25.9 Å².